The van der Waals surface area contributed by atoms with Crippen molar-refractivity contribution in [1.29, 1.82) is 0 Å². The molecule has 0 heterocycles. The van der Waals surface area contributed by atoms with E-state index in [1.807, 2.05) is 6.92 Å². The number of aromatic hydroxyl groups is 1. The summed E-state index contributed by atoms with van der Waals surface area (Å²) in [5.41, 5.74) is 3.52. The second-order valence-corrected chi connectivity index (χ2v) is 4.56. The SMILES string of the molecule is CCOc1cc(C=NNC(=O)c2ccccc2OC)ccc1O. The molecular formula is C17H18N2O4. The molecule has 0 spiro atoms. The minimum absolute atomic E-state index is 0.0575. The van der Waals surface area contributed by atoms with Crippen molar-refractivity contribution in [2.45, 2.75) is 6.92 Å². The molecule has 2 aromatic carbocycles. The molecule has 0 radical (unpaired) electrons. The van der Waals surface area contributed by atoms with Crippen LogP contribution in [0, 0.1) is 0 Å². The molecule has 0 atom stereocenters. The molecule has 0 aliphatic carbocycles. The van der Waals surface area contributed by atoms with E-state index in [0.29, 0.717) is 29.2 Å². The monoisotopic (exact) mass is 314 g/mol. The number of nitrogens with one attached hydrogen (secondary N) is 1. The number of hydrazone groups is 1. The maximum absolute atomic E-state index is 12.1. The molecule has 6 nitrogen and oxygen atoms in total. The summed E-state index contributed by atoms with van der Waals surface area (Å²) in [5.74, 6) is 0.528. The summed E-state index contributed by atoms with van der Waals surface area (Å²) in [7, 11) is 1.50. The predicted octanol–water partition coefficient (Wildman–Crippen LogP) is 2.56. The van der Waals surface area contributed by atoms with E-state index in [4.69, 9.17) is 9.47 Å². The first-order chi connectivity index (χ1) is 11.2. The summed E-state index contributed by atoms with van der Waals surface area (Å²) >= 11 is 0. The minimum Gasteiger partial charge on any atom is -0.504 e. The molecule has 0 bridgehead atoms. The van der Waals surface area contributed by atoms with Gasteiger partial charge in [-0.05, 0) is 42.8 Å². The van der Waals surface area contributed by atoms with Crippen LogP contribution in [-0.4, -0.2) is 30.9 Å². The third-order valence-electron chi connectivity index (χ3n) is 3.02. The maximum atomic E-state index is 12.1. The highest BCUT2D eigenvalue weighted by atomic mass is 16.5. The van der Waals surface area contributed by atoms with E-state index in [-0.39, 0.29) is 11.7 Å². The van der Waals surface area contributed by atoms with Gasteiger partial charge in [-0.2, -0.15) is 5.10 Å². The van der Waals surface area contributed by atoms with Crippen LogP contribution < -0.4 is 14.9 Å². The van der Waals surface area contributed by atoms with Gasteiger partial charge in [0.1, 0.15) is 5.75 Å². The van der Waals surface area contributed by atoms with Gasteiger partial charge in [0.2, 0.25) is 0 Å². The van der Waals surface area contributed by atoms with Gasteiger partial charge in [0.05, 0.1) is 25.5 Å². The van der Waals surface area contributed by atoms with Crippen molar-refractivity contribution < 1.29 is 19.4 Å². The van der Waals surface area contributed by atoms with Crippen LogP contribution in [0.1, 0.15) is 22.8 Å². The van der Waals surface area contributed by atoms with E-state index >= 15 is 0 Å². The van der Waals surface area contributed by atoms with Crippen molar-refractivity contribution in [2.24, 2.45) is 5.10 Å². The van der Waals surface area contributed by atoms with Gasteiger partial charge in [0.25, 0.3) is 5.91 Å². The molecule has 120 valence electrons. The molecule has 0 aliphatic heterocycles. The lowest BCUT2D eigenvalue weighted by molar-refractivity contribution is 0.0952. The van der Waals surface area contributed by atoms with Gasteiger partial charge in [0, 0.05) is 0 Å². The van der Waals surface area contributed by atoms with E-state index in [9.17, 15) is 9.90 Å². The molecule has 0 unspecified atom stereocenters. The molecule has 0 saturated heterocycles. The number of methoxy groups -OCH3 is 1. The van der Waals surface area contributed by atoms with Crippen LogP contribution in [0.25, 0.3) is 0 Å². The lowest BCUT2D eigenvalue weighted by Gasteiger charge is -2.07. The van der Waals surface area contributed by atoms with Crippen molar-refractivity contribution in [2.75, 3.05) is 13.7 Å². The van der Waals surface area contributed by atoms with Crippen molar-refractivity contribution in [3.05, 3.63) is 53.6 Å². The number of phenols is 1. The number of benzene rings is 2. The van der Waals surface area contributed by atoms with Gasteiger partial charge in [-0.3, -0.25) is 4.79 Å². The number of para-hydroxylation sites is 1. The Hall–Kier alpha value is -3.02. The van der Waals surface area contributed by atoms with Gasteiger partial charge in [-0.25, -0.2) is 5.43 Å². The average Bonchev–Trinajstić information content (AvgIpc) is 2.57. The summed E-state index contributed by atoms with van der Waals surface area (Å²) < 4.78 is 10.4. The largest absolute Gasteiger partial charge is 0.504 e. The van der Waals surface area contributed by atoms with Crippen LogP contribution >= 0.6 is 0 Å². The second-order valence-electron chi connectivity index (χ2n) is 4.56. The fourth-order valence-corrected chi connectivity index (χ4v) is 1.94. The molecular weight excluding hydrogens is 296 g/mol. The van der Waals surface area contributed by atoms with Gasteiger partial charge in [-0.15, -0.1) is 0 Å². The van der Waals surface area contributed by atoms with Crippen molar-refractivity contribution in [1.82, 2.24) is 5.43 Å². The van der Waals surface area contributed by atoms with E-state index in [1.54, 1.807) is 36.4 Å². The summed E-state index contributed by atoms with van der Waals surface area (Å²) in [4.78, 5) is 12.1. The van der Waals surface area contributed by atoms with Crippen LogP contribution in [0.5, 0.6) is 17.2 Å². The summed E-state index contributed by atoms with van der Waals surface area (Å²) in [6, 6.07) is 11.7. The molecule has 0 aromatic heterocycles. The molecule has 0 saturated carbocycles. The predicted molar refractivity (Wildman–Crippen MR) is 87.3 cm³/mol. The first kappa shape index (κ1) is 16.4. The molecule has 23 heavy (non-hydrogen) atoms. The Kier molecular flexibility index (Phi) is 5.57. The van der Waals surface area contributed by atoms with Crippen LogP contribution in [0.3, 0.4) is 0 Å². The van der Waals surface area contributed by atoms with Gasteiger partial charge in [-0.1, -0.05) is 12.1 Å². The quantitative estimate of drug-likeness (QED) is 0.634. The number of ether oxygens (including phenoxy) is 2. The Morgan fingerprint density at radius 1 is 1.26 bits per heavy atom. The molecule has 0 aliphatic rings. The zero-order chi connectivity index (χ0) is 16.7. The Morgan fingerprint density at radius 2 is 2.04 bits per heavy atom. The minimum atomic E-state index is -0.373. The Labute approximate surface area is 134 Å². The normalized spacial score (nSPS) is 10.5. The second kappa shape index (κ2) is 7.84. The third-order valence-corrected chi connectivity index (χ3v) is 3.02. The lowest BCUT2D eigenvalue weighted by Crippen LogP contribution is -2.18. The number of amides is 1. The van der Waals surface area contributed by atoms with Gasteiger partial charge < -0.3 is 14.6 Å². The molecule has 1 amide bonds. The fraction of sp³-hybridized carbons (Fsp3) is 0.176. The van der Waals surface area contributed by atoms with E-state index in [1.165, 1.54) is 19.4 Å². The van der Waals surface area contributed by atoms with Crippen molar-refractivity contribution in [3.63, 3.8) is 0 Å². The molecule has 2 aromatic rings. The van der Waals surface area contributed by atoms with Crippen molar-refractivity contribution in [3.8, 4) is 17.2 Å². The van der Waals surface area contributed by atoms with E-state index in [2.05, 4.69) is 10.5 Å². The third kappa shape index (κ3) is 4.23. The average molecular weight is 314 g/mol. The Balaban J connectivity index is 2.06. The number of hydrogen-bond donors (Lipinski definition) is 2. The fourth-order valence-electron chi connectivity index (χ4n) is 1.94. The zero-order valence-corrected chi connectivity index (χ0v) is 12.9. The highest BCUT2D eigenvalue weighted by Crippen LogP contribution is 2.26. The summed E-state index contributed by atoms with van der Waals surface area (Å²) in [6.45, 7) is 2.27. The smallest absolute Gasteiger partial charge is 0.275 e. The Morgan fingerprint density at radius 3 is 2.78 bits per heavy atom. The van der Waals surface area contributed by atoms with Crippen LogP contribution in [-0.2, 0) is 0 Å². The van der Waals surface area contributed by atoms with Gasteiger partial charge in [0.15, 0.2) is 11.5 Å². The topological polar surface area (TPSA) is 80.2 Å². The summed E-state index contributed by atoms with van der Waals surface area (Å²) in [6.07, 6.45) is 1.47. The highest BCUT2D eigenvalue weighted by molar-refractivity contribution is 5.97. The molecule has 0 fully saturated rings. The number of carbonyl (C=O) groups is 1. The Bertz CT molecular complexity index is 713. The highest BCUT2D eigenvalue weighted by Gasteiger charge is 2.10. The lowest BCUT2D eigenvalue weighted by atomic mass is 10.2. The number of phenolic OH excluding ortho intramolecular Hbond substituents is 1. The van der Waals surface area contributed by atoms with E-state index in [0.717, 1.165) is 0 Å². The first-order valence-corrected chi connectivity index (χ1v) is 7.08. The molecule has 6 heteroatoms. The number of carbonyl (C=O) groups excluding carboxylic acids is 1. The van der Waals surface area contributed by atoms with Crippen LogP contribution in [0.15, 0.2) is 47.6 Å². The first-order valence-electron chi connectivity index (χ1n) is 7.08. The van der Waals surface area contributed by atoms with E-state index < -0.39 is 0 Å². The van der Waals surface area contributed by atoms with Crippen molar-refractivity contribution >= 4 is 12.1 Å². The summed E-state index contributed by atoms with van der Waals surface area (Å²) in [5, 5.41) is 13.5. The van der Waals surface area contributed by atoms with Crippen LogP contribution in [0.2, 0.25) is 0 Å². The number of hydrogen-bond acceptors (Lipinski definition) is 5. The number of nitrogens with zero attached hydrogens (tertiary/aromatic N) is 1. The zero-order valence-electron chi connectivity index (χ0n) is 12.9. The molecule has 2 rings (SSSR count). The van der Waals surface area contributed by atoms with Gasteiger partial charge >= 0.3 is 0 Å². The maximum Gasteiger partial charge on any atom is 0.275 e. The molecule has 2 N–H and O–H groups in total. The standard InChI is InChI=1S/C17H18N2O4/c1-3-23-16-10-12(8-9-14(16)20)11-18-19-17(21)13-6-4-5-7-15(13)22-2/h4-11,20H,3H2,1-2H3,(H,19,21). The van der Waals surface area contributed by atoms with Crippen LogP contribution in [0.4, 0.5) is 0 Å². The number of rotatable bonds is 6.